The zero-order chi connectivity index (χ0) is 30.6. The summed E-state index contributed by atoms with van der Waals surface area (Å²) in [5.41, 5.74) is 2.03. The van der Waals surface area contributed by atoms with Crippen LogP contribution in [0.25, 0.3) is 11.4 Å². The number of hydrogen-bond donors (Lipinski definition) is 0. The monoisotopic (exact) mass is 601 g/mol. The van der Waals surface area contributed by atoms with Crippen molar-refractivity contribution in [1.29, 1.82) is 0 Å². The van der Waals surface area contributed by atoms with E-state index in [0.29, 0.717) is 29.3 Å². The lowest BCUT2D eigenvalue weighted by molar-refractivity contribution is 0.0134. The number of rotatable bonds is 8. The Kier molecular flexibility index (Phi) is 7.12. The smallest absolute Gasteiger partial charge is 0.410 e. The molecular weight excluding hydrogens is 558 g/mol. The molecule has 2 saturated carbocycles. The maximum atomic E-state index is 13.4. The highest BCUT2D eigenvalue weighted by atomic mass is 16.6. The molecule has 0 N–H and O–H groups in total. The van der Waals surface area contributed by atoms with Crippen molar-refractivity contribution in [2.75, 3.05) is 42.5 Å². The van der Waals surface area contributed by atoms with Gasteiger partial charge in [-0.25, -0.2) is 14.5 Å². The van der Waals surface area contributed by atoms with Gasteiger partial charge in [0.2, 0.25) is 0 Å². The quantitative estimate of drug-likeness (QED) is 0.375. The van der Waals surface area contributed by atoms with Gasteiger partial charge in [-0.2, -0.15) is 0 Å². The van der Waals surface area contributed by atoms with Crippen LogP contribution in [0.4, 0.5) is 16.3 Å². The van der Waals surface area contributed by atoms with Crippen LogP contribution >= 0.6 is 0 Å². The number of ether oxygens (including phenoxy) is 1. The Morgan fingerprint density at radius 1 is 1.14 bits per heavy atom. The molecule has 7 rings (SSSR count). The number of aromatic nitrogens is 6. The van der Waals surface area contributed by atoms with Gasteiger partial charge in [0.1, 0.15) is 29.0 Å². The lowest BCUT2D eigenvalue weighted by atomic mass is 9.97. The molecule has 4 fully saturated rings. The van der Waals surface area contributed by atoms with Gasteiger partial charge in [0, 0.05) is 56.1 Å². The summed E-state index contributed by atoms with van der Waals surface area (Å²) in [6, 6.07) is 3.71. The fourth-order valence-electron chi connectivity index (χ4n) is 6.45. The normalized spacial score (nSPS) is 21.6. The second kappa shape index (κ2) is 10.9. The van der Waals surface area contributed by atoms with Crippen molar-refractivity contribution < 1.29 is 9.53 Å². The van der Waals surface area contributed by atoms with E-state index < -0.39 is 5.60 Å². The third-order valence-corrected chi connectivity index (χ3v) is 9.43. The van der Waals surface area contributed by atoms with Crippen molar-refractivity contribution >= 4 is 17.6 Å². The Labute approximate surface area is 258 Å². The van der Waals surface area contributed by atoms with Crippen LogP contribution in [0.2, 0.25) is 0 Å². The molecule has 4 aliphatic rings. The Morgan fingerprint density at radius 3 is 2.64 bits per heavy atom. The van der Waals surface area contributed by atoms with E-state index in [1.165, 1.54) is 25.7 Å². The fraction of sp³-hybridized carbons (Fsp3) is 0.625. The van der Waals surface area contributed by atoms with Crippen LogP contribution in [0.1, 0.15) is 72.4 Å². The number of anilines is 2. The predicted octanol–water partition coefficient (Wildman–Crippen LogP) is 4.18. The van der Waals surface area contributed by atoms with E-state index in [1.54, 1.807) is 27.7 Å². The molecule has 2 saturated heterocycles. The highest BCUT2D eigenvalue weighted by Crippen LogP contribution is 2.53. The largest absolute Gasteiger partial charge is 0.444 e. The summed E-state index contributed by atoms with van der Waals surface area (Å²) < 4.78 is 9.12. The maximum absolute atomic E-state index is 13.4. The highest BCUT2D eigenvalue weighted by Gasteiger charge is 2.52. The molecule has 5 heterocycles. The summed E-state index contributed by atoms with van der Waals surface area (Å²) in [4.78, 5) is 42.2. The first-order valence-corrected chi connectivity index (χ1v) is 16.0. The molecule has 2 atom stereocenters. The molecule has 12 heteroatoms. The number of carbonyl (C=O) groups is 1. The van der Waals surface area contributed by atoms with Crippen LogP contribution in [0, 0.1) is 11.3 Å². The van der Waals surface area contributed by atoms with Crippen molar-refractivity contribution in [3.63, 3.8) is 0 Å². The van der Waals surface area contributed by atoms with Crippen LogP contribution in [0.3, 0.4) is 0 Å². The van der Waals surface area contributed by atoms with Gasteiger partial charge >= 0.3 is 6.09 Å². The molecule has 2 aliphatic heterocycles. The highest BCUT2D eigenvalue weighted by molar-refractivity contribution is 5.69. The fourth-order valence-corrected chi connectivity index (χ4v) is 6.45. The summed E-state index contributed by atoms with van der Waals surface area (Å²) >= 11 is 0. The van der Waals surface area contributed by atoms with Crippen molar-refractivity contribution in [3.8, 4) is 11.4 Å². The third kappa shape index (κ3) is 6.03. The van der Waals surface area contributed by atoms with Crippen molar-refractivity contribution in [2.45, 2.75) is 84.0 Å². The Morgan fingerprint density at radius 2 is 1.93 bits per heavy atom. The molecule has 1 spiro atoms. The first kappa shape index (κ1) is 28.8. The van der Waals surface area contributed by atoms with Gasteiger partial charge in [-0.05, 0) is 78.2 Å². The maximum Gasteiger partial charge on any atom is 0.410 e. The zero-order valence-corrected chi connectivity index (χ0v) is 26.2. The Bertz CT molecular complexity index is 1580. The van der Waals surface area contributed by atoms with Crippen LogP contribution in [0.5, 0.6) is 0 Å². The lowest BCUT2D eigenvalue weighted by Gasteiger charge is -2.40. The number of piperidine rings is 1. The third-order valence-electron chi connectivity index (χ3n) is 9.43. The molecule has 44 heavy (non-hydrogen) atoms. The van der Waals surface area contributed by atoms with Gasteiger partial charge in [-0.3, -0.25) is 14.3 Å². The van der Waals surface area contributed by atoms with Crippen molar-refractivity contribution in [2.24, 2.45) is 11.3 Å². The first-order chi connectivity index (χ1) is 21.1. The van der Waals surface area contributed by atoms with E-state index in [2.05, 4.69) is 25.1 Å². The first-order valence-electron chi connectivity index (χ1n) is 16.0. The molecule has 1 amide bonds. The van der Waals surface area contributed by atoms with Crippen LogP contribution in [-0.4, -0.2) is 84.9 Å². The minimum absolute atomic E-state index is 0.0478. The van der Waals surface area contributed by atoms with Gasteiger partial charge in [0.05, 0.1) is 24.6 Å². The molecule has 3 aromatic heterocycles. The predicted molar refractivity (Wildman–Crippen MR) is 167 cm³/mol. The molecule has 0 aromatic carbocycles. The molecule has 0 radical (unpaired) electrons. The topological polar surface area (TPSA) is 115 Å². The number of nitrogens with zero attached hydrogens (tertiary/aromatic N) is 9. The van der Waals surface area contributed by atoms with E-state index in [1.807, 2.05) is 51.1 Å². The summed E-state index contributed by atoms with van der Waals surface area (Å²) in [7, 11) is 0. The second-order valence-corrected chi connectivity index (χ2v) is 14.3. The molecule has 234 valence electrons. The minimum atomic E-state index is -0.537. The summed E-state index contributed by atoms with van der Waals surface area (Å²) in [6.45, 7) is 12.0. The number of pyridine rings is 1. The van der Waals surface area contributed by atoms with E-state index in [-0.39, 0.29) is 23.9 Å². The summed E-state index contributed by atoms with van der Waals surface area (Å²) in [5, 5.41) is 8.68. The Balaban J connectivity index is 1.03. The number of hydrogen-bond acceptors (Lipinski definition) is 9. The summed E-state index contributed by atoms with van der Waals surface area (Å²) in [5.74, 6) is 1.43. The molecule has 2 aliphatic carbocycles. The van der Waals surface area contributed by atoms with E-state index in [4.69, 9.17) is 9.72 Å². The average Bonchev–Trinajstić information content (AvgIpc) is 3.91. The van der Waals surface area contributed by atoms with Gasteiger partial charge in [-0.15, -0.1) is 5.10 Å². The summed E-state index contributed by atoms with van der Waals surface area (Å²) in [6.07, 6.45) is 13.4. The molecule has 12 nitrogen and oxygen atoms in total. The standard InChI is InChI=1S/C32H43N9O3/c1-22(41-19-27(35-36-41)26-15-33-16-28(34-26)38-20-32(21-38)10-11-32)39-13-9-24(14-29(39)42)37-12-5-6-25(18-37)40(17-23-7-8-23)30(43)44-31(2,3)4/h9,13-16,19,22-23,25H,5-8,10-12,17-18,20-21H2,1-4H3/t22?,25-/m1/s1. The minimum Gasteiger partial charge on any atom is -0.444 e. The zero-order valence-electron chi connectivity index (χ0n) is 26.2. The second-order valence-electron chi connectivity index (χ2n) is 14.3. The van der Waals surface area contributed by atoms with E-state index >= 15 is 0 Å². The van der Waals surface area contributed by atoms with E-state index in [0.717, 1.165) is 50.5 Å². The molecule has 0 bridgehead atoms. The van der Waals surface area contributed by atoms with E-state index in [9.17, 15) is 9.59 Å². The van der Waals surface area contributed by atoms with Gasteiger partial charge in [0.15, 0.2) is 0 Å². The van der Waals surface area contributed by atoms with Crippen molar-refractivity contribution in [1.82, 2.24) is 34.4 Å². The molecule has 1 unspecified atom stereocenters. The lowest BCUT2D eigenvalue weighted by Crippen LogP contribution is -2.52. The number of carbonyl (C=O) groups excluding carboxylic acids is 1. The SMILES string of the molecule is CC(n1cc(-c2cncc(N3CC4(CC4)C3)n2)nn1)n1ccc(N2CCC[C@@H](N(CC3CC3)C(=O)OC(C)(C)C)C2)cc1=O. The van der Waals surface area contributed by atoms with Crippen LogP contribution in [-0.2, 0) is 4.74 Å². The van der Waals surface area contributed by atoms with Gasteiger partial charge in [-0.1, -0.05) is 5.21 Å². The number of amides is 1. The van der Waals surface area contributed by atoms with Gasteiger partial charge < -0.3 is 19.4 Å². The van der Waals surface area contributed by atoms with Gasteiger partial charge in [0.25, 0.3) is 5.56 Å². The molecule has 3 aromatic rings. The average molecular weight is 602 g/mol. The van der Waals surface area contributed by atoms with Crippen LogP contribution < -0.4 is 15.4 Å². The van der Waals surface area contributed by atoms with Crippen molar-refractivity contribution in [3.05, 3.63) is 47.3 Å². The Hall–Kier alpha value is -3.96. The molecular formula is C32H43N9O3. The van der Waals surface area contributed by atoms with Crippen LogP contribution in [0.15, 0.2) is 41.7 Å².